The van der Waals surface area contributed by atoms with E-state index >= 15 is 0 Å². The number of hydrogen-bond acceptors (Lipinski definition) is 3. The number of hydrogen-bond donors (Lipinski definition) is 1. The minimum absolute atomic E-state index is 0.180. The van der Waals surface area contributed by atoms with Crippen molar-refractivity contribution >= 4 is 16.2 Å². The molecule has 0 aliphatic rings. The van der Waals surface area contributed by atoms with Crippen molar-refractivity contribution in [2.24, 2.45) is 5.10 Å². The van der Waals surface area contributed by atoms with E-state index in [2.05, 4.69) is 9.93 Å². The van der Waals surface area contributed by atoms with Crippen LogP contribution in [0.4, 0.5) is 4.39 Å². The molecule has 2 aromatic rings. The van der Waals surface area contributed by atoms with Crippen LogP contribution in [-0.4, -0.2) is 14.6 Å². The van der Waals surface area contributed by atoms with Crippen LogP contribution in [0.15, 0.2) is 52.5 Å². The van der Waals surface area contributed by atoms with Gasteiger partial charge in [0.25, 0.3) is 10.0 Å². The highest BCUT2D eigenvalue weighted by Gasteiger charge is 2.15. The Labute approximate surface area is 123 Å². The van der Waals surface area contributed by atoms with Crippen molar-refractivity contribution in [2.75, 3.05) is 0 Å². The van der Waals surface area contributed by atoms with Crippen molar-refractivity contribution in [2.45, 2.75) is 18.7 Å². The molecule has 0 heterocycles. The zero-order chi connectivity index (χ0) is 15.5. The van der Waals surface area contributed by atoms with Gasteiger partial charge in [-0.15, -0.1) is 0 Å². The Morgan fingerprint density at radius 3 is 2.62 bits per heavy atom. The second-order valence-corrected chi connectivity index (χ2v) is 6.31. The van der Waals surface area contributed by atoms with Gasteiger partial charge in [0.2, 0.25) is 0 Å². The van der Waals surface area contributed by atoms with Crippen LogP contribution < -0.4 is 4.83 Å². The highest BCUT2D eigenvalue weighted by molar-refractivity contribution is 7.89. The van der Waals surface area contributed by atoms with Gasteiger partial charge in [0.15, 0.2) is 0 Å². The summed E-state index contributed by atoms with van der Waals surface area (Å²) in [5.41, 5.74) is 1.95. The van der Waals surface area contributed by atoms with E-state index in [0.717, 1.165) is 5.56 Å². The molecule has 2 rings (SSSR count). The summed E-state index contributed by atoms with van der Waals surface area (Å²) < 4.78 is 37.3. The van der Waals surface area contributed by atoms with Gasteiger partial charge in [0.05, 0.1) is 11.1 Å². The first kappa shape index (κ1) is 15.2. The van der Waals surface area contributed by atoms with E-state index in [0.29, 0.717) is 11.1 Å². The van der Waals surface area contributed by atoms with E-state index in [4.69, 9.17) is 0 Å². The minimum atomic E-state index is -3.74. The van der Waals surface area contributed by atoms with Gasteiger partial charge in [-0.3, -0.25) is 0 Å². The molecule has 6 heteroatoms. The molecule has 2 aromatic carbocycles. The van der Waals surface area contributed by atoms with Crippen LogP contribution in [0.25, 0.3) is 0 Å². The summed E-state index contributed by atoms with van der Waals surface area (Å²) in [6.45, 7) is 3.53. The third-order valence-electron chi connectivity index (χ3n) is 2.87. The Morgan fingerprint density at radius 1 is 1.14 bits per heavy atom. The molecule has 1 N–H and O–H groups in total. The van der Waals surface area contributed by atoms with Crippen LogP contribution in [0.2, 0.25) is 0 Å². The Bertz CT molecular complexity index is 786. The second kappa shape index (κ2) is 6.05. The standard InChI is InChI=1S/C15H15FN2O2S/c1-11-6-7-12(2)15(8-11)21(19,20)18-17-10-13-4-3-5-14(16)9-13/h3-10,18H,1-2H3/b17-10+. The van der Waals surface area contributed by atoms with E-state index < -0.39 is 15.8 Å². The zero-order valence-corrected chi connectivity index (χ0v) is 12.5. The Morgan fingerprint density at radius 2 is 1.90 bits per heavy atom. The topological polar surface area (TPSA) is 58.5 Å². The maximum atomic E-state index is 13.0. The van der Waals surface area contributed by atoms with Gasteiger partial charge < -0.3 is 0 Å². The van der Waals surface area contributed by atoms with Crippen molar-refractivity contribution in [3.63, 3.8) is 0 Å². The van der Waals surface area contributed by atoms with Gasteiger partial charge in [-0.25, -0.2) is 9.22 Å². The zero-order valence-electron chi connectivity index (χ0n) is 11.7. The average molecular weight is 306 g/mol. The van der Waals surface area contributed by atoms with Crippen LogP contribution in [-0.2, 0) is 10.0 Å². The summed E-state index contributed by atoms with van der Waals surface area (Å²) in [6.07, 6.45) is 1.26. The Hall–Kier alpha value is -2.21. The molecule has 0 aliphatic heterocycles. The lowest BCUT2D eigenvalue weighted by Gasteiger charge is -2.07. The first-order valence-electron chi connectivity index (χ1n) is 6.26. The van der Waals surface area contributed by atoms with Crippen molar-refractivity contribution in [3.05, 3.63) is 65.0 Å². The summed E-state index contributed by atoms with van der Waals surface area (Å²) in [5, 5.41) is 3.67. The number of hydrazone groups is 1. The molecule has 0 fully saturated rings. The van der Waals surface area contributed by atoms with Crippen LogP contribution in [0.5, 0.6) is 0 Å². The largest absolute Gasteiger partial charge is 0.276 e. The fourth-order valence-corrected chi connectivity index (χ4v) is 2.93. The molecule has 4 nitrogen and oxygen atoms in total. The monoisotopic (exact) mass is 306 g/mol. The smallest absolute Gasteiger partial charge is 0.207 e. The number of benzene rings is 2. The second-order valence-electron chi connectivity index (χ2n) is 4.68. The fourth-order valence-electron chi connectivity index (χ4n) is 1.80. The Kier molecular flexibility index (Phi) is 4.37. The van der Waals surface area contributed by atoms with E-state index in [1.807, 2.05) is 13.0 Å². The fraction of sp³-hybridized carbons (Fsp3) is 0.133. The van der Waals surface area contributed by atoms with Gasteiger partial charge in [-0.2, -0.15) is 13.5 Å². The molecular weight excluding hydrogens is 291 g/mol. The molecule has 0 atom stereocenters. The van der Waals surface area contributed by atoms with Crippen molar-refractivity contribution in [3.8, 4) is 0 Å². The number of nitrogens with one attached hydrogen (secondary N) is 1. The molecule has 0 bridgehead atoms. The molecule has 0 aromatic heterocycles. The Balaban J connectivity index is 2.20. The summed E-state index contributed by atoms with van der Waals surface area (Å²) in [7, 11) is -3.74. The van der Waals surface area contributed by atoms with Gasteiger partial charge in [-0.05, 0) is 48.7 Å². The number of nitrogens with zero attached hydrogens (tertiary/aromatic N) is 1. The first-order valence-corrected chi connectivity index (χ1v) is 7.74. The predicted molar refractivity (Wildman–Crippen MR) is 80.2 cm³/mol. The number of aryl methyl sites for hydroxylation is 2. The van der Waals surface area contributed by atoms with E-state index in [1.165, 1.54) is 24.4 Å². The maximum absolute atomic E-state index is 13.0. The van der Waals surface area contributed by atoms with E-state index in [9.17, 15) is 12.8 Å². The molecule has 21 heavy (non-hydrogen) atoms. The van der Waals surface area contributed by atoms with Gasteiger partial charge in [0.1, 0.15) is 5.82 Å². The lowest BCUT2D eigenvalue weighted by atomic mass is 10.2. The summed E-state index contributed by atoms with van der Waals surface area (Å²) in [4.78, 5) is 2.31. The minimum Gasteiger partial charge on any atom is -0.207 e. The third-order valence-corrected chi connectivity index (χ3v) is 4.23. The van der Waals surface area contributed by atoms with Gasteiger partial charge in [0, 0.05) is 0 Å². The van der Waals surface area contributed by atoms with Crippen molar-refractivity contribution in [1.29, 1.82) is 0 Å². The highest BCUT2D eigenvalue weighted by atomic mass is 32.2. The number of sulfonamides is 1. The van der Waals surface area contributed by atoms with E-state index in [-0.39, 0.29) is 4.90 Å². The molecule has 0 amide bonds. The summed E-state index contributed by atoms with van der Waals surface area (Å²) in [5.74, 6) is -0.406. The molecule has 0 saturated carbocycles. The maximum Gasteiger partial charge on any atom is 0.276 e. The third kappa shape index (κ3) is 3.88. The molecule has 0 radical (unpaired) electrons. The SMILES string of the molecule is Cc1ccc(C)c(S(=O)(=O)N/N=C/c2cccc(F)c2)c1. The quantitative estimate of drug-likeness (QED) is 0.697. The van der Waals surface area contributed by atoms with Crippen LogP contribution in [0.1, 0.15) is 16.7 Å². The van der Waals surface area contributed by atoms with Crippen LogP contribution in [0.3, 0.4) is 0 Å². The van der Waals surface area contributed by atoms with Gasteiger partial charge in [-0.1, -0.05) is 24.3 Å². The molecule has 0 saturated heterocycles. The van der Waals surface area contributed by atoms with Crippen molar-refractivity contribution in [1.82, 2.24) is 4.83 Å². The van der Waals surface area contributed by atoms with Crippen LogP contribution in [0, 0.1) is 19.7 Å². The molecule has 110 valence electrons. The predicted octanol–water partition coefficient (Wildman–Crippen LogP) is 2.75. The first-order chi connectivity index (χ1) is 9.88. The lowest BCUT2D eigenvalue weighted by Crippen LogP contribution is -2.19. The molecule has 0 spiro atoms. The number of rotatable bonds is 4. The molecular formula is C15H15FN2O2S. The summed E-state index contributed by atoms with van der Waals surface area (Å²) in [6, 6.07) is 10.9. The molecule has 0 unspecified atom stereocenters. The summed E-state index contributed by atoms with van der Waals surface area (Å²) >= 11 is 0. The molecule has 0 aliphatic carbocycles. The lowest BCUT2D eigenvalue weighted by molar-refractivity contribution is 0.584. The van der Waals surface area contributed by atoms with Crippen LogP contribution >= 0.6 is 0 Å². The van der Waals surface area contributed by atoms with Gasteiger partial charge >= 0.3 is 0 Å². The van der Waals surface area contributed by atoms with Crippen molar-refractivity contribution < 1.29 is 12.8 Å². The number of halogens is 1. The average Bonchev–Trinajstić information content (AvgIpc) is 2.41. The normalized spacial score (nSPS) is 11.8. The van der Waals surface area contributed by atoms with E-state index in [1.54, 1.807) is 25.1 Å². The highest BCUT2D eigenvalue weighted by Crippen LogP contribution is 2.16.